The van der Waals surface area contributed by atoms with E-state index >= 15 is 0 Å². The Hall–Kier alpha value is -3.46. The highest BCUT2D eigenvalue weighted by Gasteiger charge is 2.28. The van der Waals surface area contributed by atoms with Crippen molar-refractivity contribution in [2.24, 2.45) is 5.73 Å². The van der Waals surface area contributed by atoms with Crippen LogP contribution in [0.4, 0.5) is 8.78 Å². The zero-order chi connectivity index (χ0) is 36.1. The van der Waals surface area contributed by atoms with Crippen LogP contribution in [0.25, 0.3) is 0 Å². The standard InChI is InChI=1S/C36H49F2N5O5S.ClH/c1-5-13-42(14-6-2)35(45)28-19-29(21-32(20-28)49(47,48)41-12-11-40-4)36(46)43(23-26-10-8-9-25(7-3)15-26)24-34(44)33(39)18-27-16-30(37)22-31(38)17-27;/h8-10,15-17,19-22,33-34,40-41,44H,5-7,11-14,18,23-24,39H2,1-4H3;1H/t33-,34+;/m0./s1. The zero-order valence-corrected chi connectivity index (χ0v) is 30.8. The number of carbonyl (C=O) groups is 2. The molecule has 0 unspecified atom stereocenters. The molecule has 3 aromatic rings. The van der Waals surface area contributed by atoms with E-state index in [0.29, 0.717) is 32.5 Å². The number of carbonyl (C=O) groups excluding carboxylic acids is 2. The lowest BCUT2D eigenvalue weighted by Gasteiger charge is -2.29. The third kappa shape index (κ3) is 12.4. The molecule has 0 saturated carbocycles. The van der Waals surface area contributed by atoms with Gasteiger partial charge in [-0.3, -0.25) is 9.59 Å². The van der Waals surface area contributed by atoms with E-state index in [4.69, 9.17) is 5.73 Å². The first-order chi connectivity index (χ1) is 23.3. The van der Waals surface area contributed by atoms with Crippen LogP contribution in [0.2, 0.25) is 0 Å². The number of halogens is 3. The van der Waals surface area contributed by atoms with Crippen molar-refractivity contribution in [3.05, 3.63) is 100 Å². The highest BCUT2D eigenvalue weighted by molar-refractivity contribution is 7.89. The van der Waals surface area contributed by atoms with E-state index in [1.165, 1.54) is 23.1 Å². The fourth-order valence-corrected chi connectivity index (χ4v) is 6.60. The third-order valence-corrected chi connectivity index (χ3v) is 9.45. The molecule has 276 valence electrons. The van der Waals surface area contributed by atoms with Gasteiger partial charge in [-0.05, 0) is 79.8 Å². The van der Waals surface area contributed by atoms with Crippen molar-refractivity contribution in [1.29, 1.82) is 0 Å². The van der Waals surface area contributed by atoms with Crippen LogP contribution in [-0.4, -0.2) is 87.1 Å². The minimum Gasteiger partial charge on any atom is -0.390 e. The summed E-state index contributed by atoms with van der Waals surface area (Å²) in [6.07, 6.45) is 0.722. The number of hydrogen-bond acceptors (Lipinski definition) is 7. The largest absolute Gasteiger partial charge is 0.390 e. The first kappa shape index (κ1) is 42.7. The summed E-state index contributed by atoms with van der Waals surface area (Å²) in [5.74, 6) is -2.59. The molecule has 3 rings (SSSR count). The van der Waals surface area contributed by atoms with Gasteiger partial charge < -0.3 is 26.0 Å². The van der Waals surface area contributed by atoms with E-state index in [1.54, 1.807) is 11.9 Å². The van der Waals surface area contributed by atoms with Crippen LogP contribution in [0.5, 0.6) is 0 Å². The molecule has 0 radical (unpaired) electrons. The molecule has 2 amide bonds. The molecule has 3 aromatic carbocycles. The Morgan fingerprint density at radius 2 is 1.42 bits per heavy atom. The zero-order valence-electron chi connectivity index (χ0n) is 29.1. The van der Waals surface area contributed by atoms with Crippen LogP contribution >= 0.6 is 12.4 Å². The molecule has 0 aliphatic heterocycles. The molecule has 10 nitrogen and oxygen atoms in total. The minimum absolute atomic E-state index is 0. The van der Waals surface area contributed by atoms with E-state index in [2.05, 4.69) is 10.0 Å². The van der Waals surface area contributed by atoms with Crippen LogP contribution in [0.3, 0.4) is 0 Å². The average molecular weight is 738 g/mol. The van der Waals surface area contributed by atoms with Gasteiger partial charge in [0.1, 0.15) is 11.6 Å². The summed E-state index contributed by atoms with van der Waals surface area (Å²) in [4.78, 5) is 30.8. The van der Waals surface area contributed by atoms with E-state index in [1.807, 2.05) is 45.0 Å². The van der Waals surface area contributed by atoms with Gasteiger partial charge >= 0.3 is 0 Å². The van der Waals surface area contributed by atoms with Crippen LogP contribution < -0.4 is 15.8 Å². The number of rotatable bonds is 19. The van der Waals surface area contributed by atoms with Gasteiger partial charge in [0.25, 0.3) is 11.8 Å². The molecule has 14 heteroatoms. The summed E-state index contributed by atoms with van der Waals surface area (Å²) in [6.45, 7) is 6.95. The second kappa shape index (κ2) is 20.4. The second-order valence-corrected chi connectivity index (χ2v) is 13.9. The van der Waals surface area contributed by atoms with Gasteiger partial charge in [-0.15, -0.1) is 12.4 Å². The molecular formula is C36H50ClF2N5O5S. The number of amides is 2. The molecule has 0 aliphatic carbocycles. The van der Waals surface area contributed by atoms with Crippen LogP contribution in [0, 0.1) is 11.6 Å². The molecule has 0 heterocycles. The Bertz CT molecular complexity index is 1650. The monoisotopic (exact) mass is 737 g/mol. The molecule has 5 N–H and O–H groups in total. The number of benzene rings is 3. The van der Waals surface area contributed by atoms with Gasteiger partial charge in [-0.1, -0.05) is 45.0 Å². The highest BCUT2D eigenvalue weighted by atomic mass is 35.5. The molecular weight excluding hydrogens is 688 g/mol. The summed E-state index contributed by atoms with van der Waals surface area (Å²) in [5.41, 5.74) is 8.30. The fraction of sp³-hybridized carbons (Fsp3) is 0.444. The van der Waals surface area contributed by atoms with E-state index in [9.17, 15) is 31.9 Å². The van der Waals surface area contributed by atoms with Crippen molar-refractivity contribution in [3.8, 4) is 0 Å². The number of nitrogens with two attached hydrogens (primary N) is 1. The van der Waals surface area contributed by atoms with Gasteiger partial charge in [0.15, 0.2) is 0 Å². The molecule has 50 heavy (non-hydrogen) atoms. The maximum Gasteiger partial charge on any atom is 0.254 e. The number of likely N-dealkylation sites (N-methyl/N-ethyl adjacent to an activating group) is 1. The van der Waals surface area contributed by atoms with Crippen LogP contribution in [-0.2, 0) is 29.4 Å². The molecule has 0 spiro atoms. The van der Waals surface area contributed by atoms with Crippen molar-refractivity contribution >= 4 is 34.2 Å². The molecule has 0 bridgehead atoms. The number of aliphatic hydroxyl groups excluding tert-OH is 1. The predicted octanol–water partition coefficient (Wildman–Crippen LogP) is 4.28. The molecule has 0 aliphatic rings. The second-order valence-electron chi connectivity index (χ2n) is 12.1. The van der Waals surface area contributed by atoms with Crippen molar-refractivity contribution in [2.75, 3.05) is 39.8 Å². The number of nitrogens with zero attached hydrogens (tertiary/aromatic N) is 2. The van der Waals surface area contributed by atoms with Gasteiger partial charge in [0.05, 0.1) is 11.0 Å². The lowest BCUT2D eigenvalue weighted by atomic mass is 10.0. The first-order valence-electron chi connectivity index (χ1n) is 16.7. The fourth-order valence-electron chi connectivity index (χ4n) is 5.50. The summed E-state index contributed by atoms with van der Waals surface area (Å²) in [6, 6.07) is 13.4. The molecule has 0 fully saturated rings. The predicted molar refractivity (Wildman–Crippen MR) is 194 cm³/mol. The summed E-state index contributed by atoms with van der Waals surface area (Å²) < 4.78 is 57.0. The SMILES string of the molecule is CCCN(CCC)C(=O)c1cc(C(=O)N(Cc2cccc(CC)c2)C[C@@H](O)[C@@H](N)Cc2cc(F)cc(F)c2)cc(S(=O)(=O)NCCNC)c1.Cl. The topological polar surface area (TPSA) is 145 Å². The summed E-state index contributed by atoms with van der Waals surface area (Å²) >= 11 is 0. The maximum absolute atomic E-state index is 14.4. The summed E-state index contributed by atoms with van der Waals surface area (Å²) in [7, 11) is -2.45. The maximum atomic E-state index is 14.4. The Morgan fingerprint density at radius 1 is 0.840 bits per heavy atom. The Labute approximate surface area is 300 Å². The number of nitrogens with one attached hydrogen (secondary N) is 2. The Balaban J connectivity index is 0.00000867. The van der Waals surface area contributed by atoms with Gasteiger partial charge in [0.2, 0.25) is 10.0 Å². The van der Waals surface area contributed by atoms with E-state index in [-0.39, 0.29) is 60.0 Å². The summed E-state index contributed by atoms with van der Waals surface area (Å²) in [5, 5.41) is 14.1. The van der Waals surface area contributed by atoms with Gasteiger partial charge in [-0.25, -0.2) is 21.9 Å². The number of aliphatic hydroxyl groups is 1. The molecule has 0 saturated heterocycles. The van der Waals surface area contributed by atoms with Gasteiger partial charge in [0, 0.05) is 62.5 Å². The van der Waals surface area contributed by atoms with Crippen molar-refractivity contribution < 1.29 is 31.9 Å². The Kier molecular flexibility index (Phi) is 17.4. The number of hydrogen-bond donors (Lipinski definition) is 4. The van der Waals surface area contributed by atoms with Crippen LogP contribution in [0.1, 0.15) is 71.0 Å². The first-order valence-corrected chi connectivity index (χ1v) is 18.1. The third-order valence-electron chi connectivity index (χ3n) is 8.01. The molecule has 2 atom stereocenters. The van der Waals surface area contributed by atoms with Gasteiger partial charge in [-0.2, -0.15) is 0 Å². The Morgan fingerprint density at radius 3 is 1.98 bits per heavy atom. The lowest BCUT2D eigenvalue weighted by molar-refractivity contribution is 0.0554. The quantitative estimate of drug-likeness (QED) is 0.135. The molecule has 0 aromatic heterocycles. The van der Waals surface area contributed by atoms with Crippen molar-refractivity contribution in [1.82, 2.24) is 19.8 Å². The van der Waals surface area contributed by atoms with Crippen LogP contribution in [0.15, 0.2) is 65.6 Å². The normalized spacial score (nSPS) is 12.6. The average Bonchev–Trinajstić information content (AvgIpc) is 3.06. The van der Waals surface area contributed by atoms with Crippen molar-refractivity contribution in [2.45, 2.75) is 70.0 Å². The smallest absolute Gasteiger partial charge is 0.254 e. The van der Waals surface area contributed by atoms with E-state index in [0.717, 1.165) is 35.7 Å². The minimum atomic E-state index is -4.13. The highest BCUT2D eigenvalue weighted by Crippen LogP contribution is 2.21. The number of aryl methyl sites for hydroxylation is 1. The van der Waals surface area contributed by atoms with E-state index < -0.39 is 45.6 Å². The lowest BCUT2D eigenvalue weighted by Crippen LogP contribution is -2.46. The number of sulfonamides is 1. The van der Waals surface area contributed by atoms with Crippen molar-refractivity contribution in [3.63, 3.8) is 0 Å².